The van der Waals surface area contributed by atoms with E-state index in [4.69, 9.17) is 5.11 Å². The zero-order valence-electron chi connectivity index (χ0n) is 6.94. The average molecular weight is 130 g/mol. The van der Waals surface area contributed by atoms with Crippen LogP contribution in [0.2, 0.25) is 0 Å². The summed E-state index contributed by atoms with van der Waals surface area (Å²) in [5, 5.41) is 8.90. The lowest BCUT2D eigenvalue weighted by atomic mass is 9.79. The van der Waals surface area contributed by atoms with Gasteiger partial charge in [0.05, 0.1) is 0 Å². The molecule has 0 bridgehead atoms. The molecular weight excluding hydrogens is 112 g/mol. The minimum Gasteiger partial charge on any atom is -0.396 e. The van der Waals surface area contributed by atoms with Crippen LogP contribution in [0.3, 0.4) is 0 Å². The molecule has 0 aromatic heterocycles. The van der Waals surface area contributed by atoms with E-state index in [1.54, 1.807) is 0 Å². The molecule has 0 saturated carbocycles. The molecule has 0 aliphatic rings. The van der Waals surface area contributed by atoms with Crippen LogP contribution < -0.4 is 0 Å². The molecule has 1 atom stereocenters. The van der Waals surface area contributed by atoms with Crippen molar-refractivity contribution in [2.24, 2.45) is 11.3 Å². The van der Waals surface area contributed by atoms with Gasteiger partial charge in [0.2, 0.25) is 0 Å². The van der Waals surface area contributed by atoms with E-state index in [1.165, 1.54) is 0 Å². The lowest BCUT2D eigenvalue weighted by Gasteiger charge is -2.28. The standard InChI is InChI=1S/C8H18O/c1-5-7(2)8(3,4)6-9/h7,9H,5-6H2,1-4H3. The van der Waals surface area contributed by atoms with E-state index in [9.17, 15) is 0 Å². The molecule has 1 unspecified atom stereocenters. The summed E-state index contributed by atoms with van der Waals surface area (Å²) in [6, 6.07) is 0. The molecule has 1 heteroatoms. The van der Waals surface area contributed by atoms with E-state index >= 15 is 0 Å². The molecule has 1 N–H and O–H groups in total. The van der Waals surface area contributed by atoms with Crippen LogP contribution in [0.25, 0.3) is 0 Å². The number of rotatable bonds is 3. The van der Waals surface area contributed by atoms with Crippen LogP contribution in [0.15, 0.2) is 0 Å². The molecule has 1 nitrogen and oxygen atoms in total. The number of hydrogen-bond acceptors (Lipinski definition) is 1. The fourth-order valence-electron chi connectivity index (χ4n) is 0.708. The molecule has 0 heterocycles. The molecule has 56 valence electrons. The third kappa shape index (κ3) is 2.35. The van der Waals surface area contributed by atoms with Gasteiger partial charge in [-0.1, -0.05) is 34.1 Å². The lowest BCUT2D eigenvalue weighted by molar-refractivity contribution is 0.103. The van der Waals surface area contributed by atoms with Gasteiger partial charge in [0.15, 0.2) is 0 Å². The Morgan fingerprint density at radius 2 is 1.89 bits per heavy atom. The van der Waals surface area contributed by atoms with Crippen LogP contribution in [-0.2, 0) is 0 Å². The molecule has 0 aromatic rings. The summed E-state index contributed by atoms with van der Waals surface area (Å²) in [7, 11) is 0. The van der Waals surface area contributed by atoms with Crippen LogP contribution in [-0.4, -0.2) is 11.7 Å². The molecule has 0 fully saturated rings. The van der Waals surface area contributed by atoms with Crippen molar-refractivity contribution in [3.8, 4) is 0 Å². The van der Waals surface area contributed by atoms with E-state index in [2.05, 4.69) is 27.7 Å². The maximum absolute atomic E-state index is 8.90. The van der Waals surface area contributed by atoms with Gasteiger partial charge in [-0.2, -0.15) is 0 Å². The summed E-state index contributed by atoms with van der Waals surface area (Å²) in [4.78, 5) is 0. The Morgan fingerprint density at radius 3 is 2.00 bits per heavy atom. The molecule has 0 spiro atoms. The summed E-state index contributed by atoms with van der Waals surface area (Å²) >= 11 is 0. The van der Waals surface area contributed by atoms with Crippen molar-refractivity contribution in [1.29, 1.82) is 0 Å². The molecule has 0 aliphatic carbocycles. The van der Waals surface area contributed by atoms with Crippen molar-refractivity contribution in [3.63, 3.8) is 0 Å². The van der Waals surface area contributed by atoms with Gasteiger partial charge in [-0.05, 0) is 11.3 Å². The Hall–Kier alpha value is -0.0400. The molecule has 0 rings (SSSR count). The Morgan fingerprint density at radius 1 is 1.44 bits per heavy atom. The summed E-state index contributed by atoms with van der Waals surface area (Å²) < 4.78 is 0. The van der Waals surface area contributed by atoms with Gasteiger partial charge in [0, 0.05) is 6.61 Å². The first kappa shape index (κ1) is 8.96. The lowest BCUT2D eigenvalue weighted by Crippen LogP contribution is -2.25. The second-order valence-electron chi connectivity index (χ2n) is 3.46. The van der Waals surface area contributed by atoms with Crippen molar-refractivity contribution < 1.29 is 5.11 Å². The van der Waals surface area contributed by atoms with E-state index < -0.39 is 0 Å². The number of aliphatic hydroxyl groups is 1. The first-order chi connectivity index (χ1) is 4.04. The molecule has 0 aliphatic heterocycles. The second kappa shape index (κ2) is 3.21. The molecule has 0 radical (unpaired) electrons. The topological polar surface area (TPSA) is 20.2 Å². The smallest absolute Gasteiger partial charge is 0.0484 e. The summed E-state index contributed by atoms with van der Waals surface area (Å²) in [6.07, 6.45) is 1.15. The van der Waals surface area contributed by atoms with Crippen molar-refractivity contribution >= 4 is 0 Å². The zero-order valence-corrected chi connectivity index (χ0v) is 6.94. The number of aliphatic hydroxyl groups excluding tert-OH is 1. The Labute approximate surface area is 58.1 Å². The highest BCUT2D eigenvalue weighted by Crippen LogP contribution is 2.27. The highest BCUT2D eigenvalue weighted by molar-refractivity contribution is 4.72. The maximum Gasteiger partial charge on any atom is 0.0484 e. The van der Waals surface area contributed by atoms with Crippen LogP contribution in [0.5, 0.6) is 0 Å². The fraction of sp³-hybridized carbons (Fsp3) is 1.00. The molecule has 9 heavy (non-hydrogen) atoms. The van der Waals surface area contributed by atoms with Crippen LogP contribution in [0.4, 0.5) is 0 Å². The highest BCUT2D eigenvalue weighted by atomic mass is 16.3. The zero-order chi connectivity index (χ0) is 7.49. The van der Waals surface area contributed by atoms with Crippen molar-refractivity contribution in [2.75, 3.05) is 6.61 Å². The van der Waals surface area contributed by atoms with Crippen LogP contribution in [0.1, 0.15) is 34.1 Å². The monoisotopic (exact) mass is 130 g/mol. The summed E-state index contributed by atoms with van der Waals surface area (Å²) in [6.45, 7) is 8.82. The van der Waals surface area contributed by atoms with Gasteiger partial charge in [0.25, 0.3) is 0 Å². The average Bonchev–Trinajstić information content (AvgIpc) is 1.86. The van der Waals surface area contributed by atoms with E-state index in [-0.39, 0.29) is 5.41 Å². The summed E-state index contributed by atoms with van der Waals surface area (Å²) in [5.41, 5.74) is 0.106. The fourth-order valence-corrected chi connectivity index (χ4v) is 0.708. The van der Waals surface area contributed by atoms with Gasteiger partial charge in [-0.15, -0.1) is 0 Å². The third-order valence-electron chi connectivity index (χ3n) is 2.35. The maximum atomic E-state index is 8.90. The third-order valence-corrected chi connectivity index (χ3v) is 2.35. The van der Waals surface area contributed by atoms with Gasteiger partial charge in [0.1, 0.15) is 0 Å². The first-order valence-electron chi connectivity index (χ1n) is 3.65. The minimum absolute atomic E-state index is 0.106. The van der Waals surface area contributed by atoms with E-state index in [0.717, 1.165) is 6.42 Å². The Kier molecular flexibility index (Phi) is 3.20. The van der Waals surface area contributed by atoms with Crippen molar-refractivity contribution in [2.45, 2.75) is 34.1 Å². The SMILES string of the molecule is CCC(C)C(C)(C)CO. The van der Waals surface area contributed by atoms with Gasteiger partial charge >= 0.3 is 0 Å². The molecule has 0 amide bonds. The Balaban J connectivity index is 3.80. The van der Waals surface area contributed by atoms with Crippen molar-refractivity contribution in [3.05, 3.63) is 0 Å². The predicted molar refractivity (Wildman–Crippen MR) is 40.3 cm³/mol. The number of hydrogen-bond donors (Lipinski definition) is 1. The Bertz CT molecular complexity index is 76.6. The minimum atomic E-state index is 0.106. The van der Waals surface area contributed by atoms with Crippen molar-refractivity contribution in [1.82, 2.24) is 0 Å². The normalized spacial score (nSPS) is 15.7. The predicted octanol–water partition coefficient (Wildman–Crippen LogP) is 2.05. The van der Waals surface area contributed by atoms with Gasteiger partial charge in [-0.25, -0.2) is 0 Å². The first-order valence-corrected chi connectivity index (χ1v) is 3.65. The second-order valence-corrected chi connectivity index (χ2v) is 3.46. The quantitative estimate of drug-likeness (QED) is 0.620. The van der Waals surface area contributed by atoms with Crippen LogP contribution in [0, 0.1) is 11.3 Å². The van der Waals surface area contributed by atoms with Crippen LogP contribution >= 0.6 is 0 Å². The van der Waals surface area contributed by atoms with E-state index in [0.29, 0.717) is 12.5 Å². The molecular formula is C8H18O. The van der Waals surface area contributed by atoms with Gasteiger partial charge < -0.3 is 5.11 Å². The van der Waals surface area contributed by atoms with E-state index in [1.807, 2.05) is 0 Å². The molecule has 0 aromatic carbocycles. The highest BCUT2D eigenvalue weighted by Gasteiger charge is 2.22. The van der Waals surface area contributed by atoms with Gasteiger partial charge in [-0.3, -0.25) is 0 Å². The molecule has 0 saturated heterocycles. The summed E-state index contributed by atoms with van der Waals surface area (Å²) in [5.74, 6) is 0.613. The largest absolute Gasteiger partial charge is 0.396 e.